The Bertz CT molecular complexity index is 1610. The van der Waals surface area contributed by atoms with Gasteiger partial charge in [0.1, 0.15) is 5.60 Å². The van der Waals surface area contributed by atoms with Crippen LogP contribution < -0.4 is 10.6 Å². The zero-order valence-electron chi connectivity index (χ0n) is 54.9. The van der Waals surface area contributed by atoms with E-state index >= 15 is 0 Å². The van der Waals surface area contributed by atoms with E-state index in [1.807, 2.05) is 20.8 Å². The Hall–Kier alpha value is -3.30. The van der Waals surface area contributed by atoms with Gasteiger partial charge >= 0.3 is 6.09 Å². The monoisotopic (exact) mass is 1320 g/mol. The maximum Gasteiger partial charge on any atom is 0.407 e. The standard InChI is InChI=1S/C60H113N3O28/c1-60(2,3)91-59(67)62-8-11-69-13-15-71-17-19-73-21-23-75-25-27-77-29-31-79-33-35-81-37-39-83-41-43-85-45-47-87-49-51-89-53-55-90-54-52-88-50-48-86-46-44-84-42-40-82-38-36-80-34-32-78-30-28-76-26-24-74-22-20-72-18-16-70-14-12-68-10-7-61-56(64)6-9-63-57(65)4-5-58(63)66/h4-5H,6-55H2,1-3H3,(H,61,64)(H,62,67). The maximum atomic E-state index is 11.8. The highest BCUT2D eigenvalue weighted by Gasteiger charge is 2.23. The van der Waals surface area contributed by atoms with Gasteiger partial charge in [-0.25, -0.2) is 4.79 Å². The number of rotatable bonds is 75. The van der Waals surface area contributed by atoms with Crippen molar-refractivity contribution < 1.29 is 133 Å². The molecule has 1 aliphatic rings. The number of carbonyl (C=O) groups excluding carboxylic acids is 4. The van der Waals surface area contributed by atoms with Crippen LogP contribution in [0.3, 0.4) is 0 Å². The lowest BCUT2D eigenvalue weighted by Gasteiger charge is -2.19. The second-order valence-electron chi connectivity index (χ2n) is 19.8. The van der Waals surface area contributed by atoms with Crippen molar-refractivity contribution >= 4 is 23.8 Å². The summed E-state index contributed by atoms with van der Waals surface area (Å²) in [5.41, 5.74) is -0.524. The number of carbonyl (C=O) groups is 4. The van der Waals surface area contributed by atoms with E-state index in [9.17, 15) is 19.2 Å². The van der Waals surface area contributed by atoms with Gasteiger partial charge in [-0.1, -0.05) is 0 Å². The Morgan fingerprint density at radius 3 is 0.626 bits per heavy atom. The first-order chi connectivity index (χ1) is 44.7. The van der Waals surface area contributed by atoms with Crippen molar-refractivity contribution in [1.29, 1.82) is 0 Å². The second-order valence-corrected chi connectivity index (χ2v) is 19.8. The average molecular weight is 1320 g/mol. The predicted molar refractivity (Wildman–Crippen MR) is 327 cm³/mol. The first-order valence-corrected chi connectivity index (χ1v) is 31.7. The summed E-state index contributed by atoms with van der Waals surface area (Å²) in [5, 5.41) is 5.31. The fourth-order valence-electron chi connectivity index (χ4n) is 6.70. The molecular formula is C60H113N3O28. The highest BCUT2D eigenvalue weighted by atomic mass is 16.6. The van der Waals surface area contributed by atoms with E-state index in [1.165, 1.54) is 12.2 Å². The molecule has 0 aromatic rings. The van der Waals surface area contributed by atoms with Crippen molar-refractivity contribution in [2.75, 3.05) is 324 Å². The highest BCUT2D eigenvalue weighted by Crippen LogP contribution is 2.06. The van der Waals surface area contributed by atoms with E-state index in [0.29, 0.717) is 317 Å². The summed E-state index contributed by atoms with van der Waals surface area (Å²) >= 11 is 0. The van der Waals surface area contributed by atoms with E-state index in [0.717, 1.165) is 4.90 Å². The Morgan fingerprint density at radius 1 is 0.286 bits per heavy atom. The average Bonchev–Trinajstić information content (AvgIpc) is 3.30. The molecule has 2 N–H and O–H groups in total. The molecule has 0 aromatic carbocycles. The molecular weight excluding hydrogens is 1210 g/mol. The molecule has 91 heavy (non-hydrogen) atoms. The molecule has 4 amide bonds. The molecule has 31 heteroatoms. The number of nitrogens with one attached hydrogen (secondary N) is 2. The minimum Gasteiger partial charge on any atom is -0.444 e. The van der Waals surface area contributed by atoms with E-state index in [4.69, 9.17) is 114 Å². The third-order valence-electron chi connectivity index (χ3n) is 11.1. The van der Waals surface area contributed by atoms with E-state index in [1.54, 1.807) is 0 Å². The minimum atomic E-state index is -0.524. The molecule has 1 aliphatic heterocycles. The molecule has 0 aromatic heterocycles. The molecule has 0 spiro atoms. The molecule has 0 fully saturated rings. The number of nitrogens with zero attached hydrogens (tertiary/aromatic N) is 1. The van der Waals surface area contributed by atoms with Crippen LogP contribution in [0.1, 0.15) is 27.2 Å². The molecule has 0 saturated carbocycles. The predicted octanol–water partition coefficient (Wildman–Crippen LogP) is 0.324. The smallest absolute Gasteiger partial charge is 0.407 e. The van der Waals surface area contributed by atoms with Crippen molar-refractivity contribution in [1.82, 2.24) is 15.5 Å². The number of imide groups is 1. The summed E-state index contributed by atoms with van der Waals surface area (Å²) in [7, 11) is 0. The van der Waals surface area contributed by atoms with Gasteiger partial charge in [0.25, 0.3) is 11.8 Å². The number of hydrogen-bond acceptors (Lipinski definition) is 28. The Labute approximate surface area is 539 Å². The maximum absolute atomic E-state index is 11.8. The summed E-state index contributed by atoms with van der Waals surface area (Å²) < 4.78 is 132. The molecule has 536 valence electrons. The topological polar surface area (TPSA) is 317 Å². The van der Waals surface area contributed by atoms with Crippen LogP contribution in [-0.2, 0) is 128 Å². The molecule has 0 aliphatic carbocycles. The summed E-state index contributed by atoms with van der Waals surface area (Å²) in [6.07, 6.45) is 1.96. The Morgan fingerprint density at radius 2 is 0.451 bits per heavy atom. The SMILES string of the molecule is CC(C)(C)OC(=O)NCCOCCOCCOCCOCCOCCOCCOCCOCCOCCOCCOCCOCCOCCOCCOCCOCCOCCOCCOCCOCCOCCOCCOCCNC(=O)CCN1C(=O)C=CC1=O. The molecule has 0 atom stereocenters. The van der Waals surface area contributed by atoms with Gasteiger partial charge in [-0.2, -0.15) is 0 Å². The lowest BCUT2D eigenvalue weighted by Crippen LogP contribution is -2.35. The van der Waals surface area contributed by atoms with Gasteiger partial charge in [0.05, 0.1) is 304 Å². The molecule has 1 heterocycles. The highest BCUT2D eigenvalue weighted by molar-refractivity contribution is 6.13. The van der Waals surface area contributed by atoms with Crippen LogP contribution in [-0.4, -0.2) is 358 Å². The van der Waals surface area contributed by atoms with Crippen LogP contribution in [0.15, 0.2) is 12.2 Å². The lowest BCUT2D eigenvalue weighted by atomic mass is 10.2. The fraction of sp³-hybridized carbons (Fsp3) is 0.900. The van der Waals surface area contributed by atoms with Gasteiger partial charge in [-0.3, -0.25) is 19.3 Å². The lowest BCUT2D eigenvalue weighted by molar-refractivity contribution is -0.137. The van der Waals surface area contributed by atoms with Crippen LogP contribution in [0.2, 0.25) is 0 Å². The van der Waals surface area contributed by atoms with Gasteiger partial charge in [-0.15, -0.1) is 0 Å². The Kier molecular flexibility index (Phi) is 65.5. The summed E-state index contributed by atoms with van der Waals surface area (Å²) in [6, 6.07) is 0. The van der Waals surface area contributed by atoms with Crippen LogP contribution in [0.5, 0.6) is 0 Å². The normalized spacial score (nSPS) is 12.5. The number of hydrogen-bond donors (Lipinski definition) is 2. The van der Waals surface area contributed by atoms with Gasteiger partial charge < -0.3 is 124 Å². The molecule has 0 radical (unpaired) electrons. The first-order valence-electron chi connectivity index (χ1n) is 31.7. The van der Waals surface area contributed by atoms with Crippen molar-refractivity contribution in [2.24, 2.45) is 0 Å². The fourth-order valence-corrected chi connectivity index (χ4v) is 6.70. The second kappa shape index (κ2) is 69.5. The molecule has 0 unspecified atom stereocenters. The third-order valence-corrected chi connectivity index (χ3v) is 11.1. The summed E-state index contributed by atoms with van der Waals surface area (Å²) in [4.78, 5) is 47.4. The molecule has 0 saturated heterocycles. The van der Waals surface area contributed by atoms with Crippen LogP contribution in [0.4, 0.5) is 4.79 Å². The quantitative estimate of drug-likeness (QED) is 0.0612. The summed E-state index contributed by atoms with van der Waals surface area (Å²) in [5.74, 6) is -1.07. The van der Waals surface area contributed by atoms with Crippen LogP contribution in [0.25, 0.3) is 0 Å². The van der Waals surface area contributed by atoms with Gasteiger partial charge in [-0.05, 0) is 20.8 Å². The number of amides is 4. The number of alkyl carbamates (subject to hydrolysis) is 1. The first kappa shape index (κ1) is 85.7. The zero-order chi connectivity index (χ0) is 65.5. The van der Waals surface area contributed by atoms with Crippen molar-refractivity contribution in [2.45, 2.75) is 32.8 Å². The largest absolute Gasteiger partial charge is 0.444 e. The Balaban J connectivity index is 1.60. The third kappa shape index (κ3) is 67.9. The van der Waals surface area contributed by atoms with Crippen LogP contribution >= 0.6 is 0 Å². The van der Waals surface area contributed by atoms with Gasteiger partial charge in [0, 0.05) is 38.2 Å². The van der Waals surface area contributed by atoms with Crippen molar-refractivity contribution in [3.8, 4) is 0 Å². The number of ether oxygens (including phenoxy) is 24. The zero-order valence-corrected chi connectivity index (χ0v) is 54.9. The van der Waals surface area contributed by atoms with E-state index in [2.05, 4.69) is 10.6 Å². The summed E-state index contributed by atoms with van der Waals surface area (Å²) in [6.45, 7) is 27.2. The van der Waals surface area contributed by atoms with E-state index < -0.39 is 23.5 Å². The molecule has 0 bridgehead atoms. The van der Waals surface area contributed by atoms with Crippen molar-refractivity contribution in [3.63, 3.8) is 0 Å². The van der Waals surface area contributed by atoms with Crippen LogP contribution in [0, 0.1) is 0 Å². The molecule has 31 nitrogen and oxygen atoms in total. The van der Waals surface area contributed by atoms with Gasteiger partial charge in [0.2, 0.25) is 5.91 Å². The molecule has 1 rings (SSSR count). The van der Waals surface area contributed by atoms with Gasteiger partial charge in [0.15, 0.2) is 0 Å². The van der Waals surface area contributed by atoms with E-state index in [-0.39, 0.29) is 18.9 Å². The minimum absolute atomic E-state index is 0.0438. The van der Waals surface area contributed by atoms with Crippen molar-refractivity contribution in [3.05, 3.63) is 12.2 Å².